The number of hydrogen-bond donors (Lipinski definition) is 1. The molecular weight excluding hydrogens is 282 g/mol. The zero-order valence-corrected chi connectivity index (χ0v) is 13.3. The summed E-state index contributed by atoms with van der Waals surface area (Å²) in [6.07, 6.45) is 1.76. The molecular formula is C16H21N3OS. The van der Waals surface area contributed by atoms with E-state index in [-0.39, 0.29) is 11.8 Å². The Hall–Kier alpha value is -1.46. The van der Waals surface area contributed by atoms with Gasteiger partial charge in [-0.1, -0.05) is 18.2 Å². The van der Waals surface area contributed by atoms with Crippen molar-refractivity contribution in [1.29, 1.82) is 0 Å². The van der Waals surface area contributed by atoms with E-state index < -0.39 is 0 Å². The van der Waals surface area contributed by atoms with Gasteiger partial charge >= 0.3 is 0 Å². The fourth-order valence-electron chi connectivity index (χ4n) is 3.00. The molecule has 5 heteroatoms. The van der Waals surface area contributed by atoms with E-state index >= 15 is 0 Å². The Labute approximate surface area is 129 Å². The predicted molar refractivity (Wildman–Crippen MR) is 86.5 cm³/mol. The second kappa shape index (κ2) is 6.12. The number of likely N-dealkylation sites (tertiary alicyclic amines) is 1. The van der Waals surface area contributed by atoms with E-state index in [9.17, 15) is 4.79 Å². The highest BCUT2D eigenvalue weighted by molar-refractivity contribution is 7.13. The summed E-state index contributed by atoms with van der Waals surface area (Å²) in [6.45, 7) is 3.81. The molecule has 0 aliphatic carbocycles. The maximum Gasteiger partial charge on any atom is 0.224 e. The SMILES string of the molecule is C[C@@H]1[C@H](C(=O)NCCc2nsc3ccccc23)CCN1C. The van der Waals surface area contributed by atoms with Crippen LogP contribution in [0, 0.1) is 5.92 Å². The lowest BCUT2D eigenvalue weighted by Gasteiger charge is -2.19. The minimum Gasteiger partial charge on any atom is -0.355 e. The highest BCUT2D eigenvalue weighted by Gasteiger charge is 2.33. The van der Waals surface area contributed by atoms with Gasteiger partial charge in [0.2, 0.25) is 5.91 Å². The van der Waals surface area contributed by atoms with E-state index in [2.05, 4.69) is 40.7 Å². The molecule has 0 saturated carbocycles. The van der Waals surface area contributed by atoms with Crippen LogP contribution in [0.4, 0.5) is 0 Å². The molecule has 0 spiro atoms. The largest absolute Gasteiger partial charge is 0.355 e. The third kappa shape index (κ3) is 2.94. The van der Waals surface area contributed by atoms with Crippen LogP contribution in [0.3, 0.4) is 0 Å². The van der Waals surface area contributed by atoms with Crippen LogP contribution < -0.4 is 5.32 Å². The molecule has 0 bridgehead atoms. The van der Waals surface area contributed by atoms with E-state index in [1.165, 1.54) is 21.6 Å². The number of aromatic nitrogens is 1. The fraction of sp³-hybridized carbons (Fsp3) is 0.500. The van der Waals surface area contributed by atoms with Crippen molar-refractivity contribution >= 4 is 27.5 Å². The molecule has 2 heterocycles. The molecule has 1 aliphatic heterocycles. The van der Waals surface area contributed by atoms with Crippen LogP contribution in [0.5, 0.6) is 0 Å². The van der Waals surface area contributed by atoms with Crippen molar-refractivity contribution in [2.24, 2.45) is 5.92 Å². The van der Waals surface area contributed by atoms with Gasteiger partial charge < -0.3 is 10.2 Å². The molecule has 0 unspecified atom stereocenters. The number of amides is 1. The highest BCUT2D eigenvalue weighted by Crippen LogP contribution is 2.23. The number of carbonyl (C=O) groups excluding carboxylic acids is 1. The zero-order chi connectivity index (χ0) is 14.8. The average Bonchev–Trinajstić information content (AvgIpc) is 3.04. The first-order chi connectivity index (χ1) is 10.2. The number of benzene rings is 1. The molecule has 0 radical (unpaired) electrons. The average molecular weight is 303 g/mol. The van der Waals surface area contributed by atoms with E-state index in [4.69, 9.17) is 0 Å². The summed E-state index contributed by atoms with van der Waals surface area (Å²) >= 11 is 1.53. The Morgan fingerprint density at radius 3 is 3.05 bits per heavy atom. The normalized spacial score (nSPS) is 22.8. The summed E-state index contributed by atoms with van der Waals surface area (Å²) in [5.41, 5.74) is 1.09. The first-order valence-corrected chi connectivity index (χ1v) is 8.25. The van der Waals surface area contributed by atoms with Crippen molar-refractivity contribution in [1.82, 2.24) is 14.6 Å². The van der Waals surface area contributed by atoms with Crippen molar-refractivity contribution in [3.63, 3.8) is 0 Å². The molecule has 2 aromatic rings. The molecule has 1 aromatic carbocycles. The second-order valence-electron chi connectivity index (χ2n) is 5.78. The molecule has 1 aliphatic rings. The van der Waals surface area contributed by atoms with Gasteiger partial charge in [-0.25, -0.2) is 0 Å². The number of hydrogen-bond acceptors (Lipinski definition) is 4. The molecule has 3 rings (SSSR count). The maximum absolute atomic E-state index is 12.2. The topological polar surface area (TPSA) is 45.2 Å². The van der Waals surface area contributed by atoms with Gasteiger partial charge in [0.15, 0.2) is 0 Å². The summed E-state index contributed by atoms with van der Waals surface area (Å²) in [5.74, 6) is 0.313. The fourth-order valence-corrected chi connectivity index (χ4v) is 3.82. The molecule has 1 aromatic heterocycles. The summed E-state index contributed by atoms with van der Waals surface area (Å²) < 4.78 is 5.71. The van der Waals surface area contributed by atoms with E-state index in [0.717, 1.165) is 25.1 Å². The first-order valence-electron chi connectivity index (χ1n) is 7.48. The molecule has 1 saturated heterocycles. The van der Waals surface area contributed by atoms with Crippen molar-refractivity contribution in [3.8, 4) is 0 Å². The second-order valence-corrected chi connectivity index (χ2v) is 6.59. The quantitative estimate of drug-likeness (QED) is 0.942. The van der Waals surface area contributed by atoms with Crippen molar-refractivity contribution in [3.05, 3.63) is 30.0 Å². The number of fused-ring (bicyclic) bond motifs is 1. The third-order valence-electron chi connectivity index (χ3n) is 4.52. The predicted octanol–water partition coefficient (Wildman–Crippen LogP) is 2.30. The molecule has 4 nitrogen and oxygen atoms in total. The van der Waals surface area contributed by atoms with Gasteiger partial charge in [0.1, 0.15) is 0 Å². The van der Waals surface area contributed by atoms with Gasteiger partial charge in [0.25, 0.3) is 0 Å². The van der Waals surface area contributed by atoms with Gasteiger partial charge in [-0.3, -0.25) is 4.79 Å². The summed E-state index contributed by atoms with van der Waals surface area (Å²) in [6, 6.07) is 8.60. The minimum atomic E-state index is 0.127. The van der Waals surface area contributed by atoms with E-state index in [1.807, 2.05) is 12.1 Å². The van der Waals surface area contributed by atoms with Crippen LogP contribution in [-0.4, -0.2) is 41.4 Å². The minimum absolute atomic E-state index is 0.127. The molecule has 1 fully saturated rings. The highest BCUT2D eigenvalue weighted by atomic mass is 32.1. The van der Waals surface area contributed by atoms with Crippen LogP contribution in [0.15, 0.2) is 24.3 Å². The van der Waals surface area contributed by atoms with Crippen LogP contribution in [-0.2, 0) is 11.2 Å². The molecule has 112 valence electrons. The lowest BCUT2D eigenvalue weighted by atomic mass is 10.0. The van der Waals surface area contributed by atoms with Crippen LogP contribution in [0.1, 0.15) is 19.0 Å². The maximum atomic E-state index is 12.2. The lowest BCUT2D eigenvalue weighted by molar-refractivity contribution is -0.125. The summed E-state index contributed by atoms with van der Waals surface area (Å²) in [7, 11) is 2.08. The monoisotopic (exact) mass is 303 g/mol. The number of rotatable bonds is 4. The number of carbonyl (C=O) groups is 1. The summed E-state index contributed by atoms with van der Waals surface area (Å²) in [5, 5.41) is 4.29. The number of nitrogens with zero attached hydrogens (tertiary/aromatic N) is 2. The Morgan fingerprint density at radius 2 is 2.29 bits per heavy atom. The molecule has 1 N–H and O–H groups in total. The van der Waals surface area contributed by atoms with E-state index in [1.54, 1.807) is 0 Å². The zero-order valence-electron chi connectivity index (χ0n) is 12.5. The van der Waals surface area contributed by atoms with Gasteiger partial charge in [0.05, 0.1) is 16.3 Å². The van der Waals surface area contributed by atoms with Crippen molar-refractivity contribution < 1.29 is 4.79 Å². The third-order valence-corrected chi connectivity index (χ3v) is 5.38. The first kappa shape index (κ1) is 14.5. The molecule has 2 atom stereocenters. The number of nitrogens with one attached hydrogen (secondary N) is 1. The lowest BCUT2D eigenvalue weighted by Crippen LogP contribution is -2.38. The van der Waals surface area contributed by atoms with Gasteiger partial charge in [-0.05, 0) is 44.5 Å². The van der Waals surface area contributed by atoms with Gasteiger partial charge in [-0.2, -0.15) is 4.37 Å². The Kier molecular flexibility index (Phi) is 4.22. The Balaban J connectivity index is 1.55. The molecule has 21 heavy (non-hydrogen) atoms. The van der Waals surface area contributed by atoms with Crippen LogP contribution >= 0.6 is 11.5 Å². The summed E-state index contributed by atoms with van der Waals surface area (Å²) in [4.78, 5) is 14.5. The van der Waals surface area contributed by atoms with Crippen LogP contribution in [0.2, 0.25) is 0 Å². The smallest absolute Gasteiger partial charge is 0.224 e. The van der Waals surface area contributed by atoms with Gasteiger partial charge in [0, 0.05) is 24.4 Å². The standard InChI is InChI=1S/C16H21N3OS/c1-11-12(8-10-19(11)2)16(20)17-9-7-14-13-5-3-4-6-15(13)21-18-14/h3-6,11-12H,7-10H2,1-2H3,(H,17,20)/t11-,12-/m1/s1. The van der Waals surface area contributed by atoms with Crippen molar-refractivity contribution in [2.45, 2.75) is 25.8 Å². The Morgan fingerprint density at radius 1 is 1.48 bits per heavy atom. The Bertz CT molecular complexity index is 639. The van der Waals surface area contributed by atoms with Crippen LogP contribution in [0.25, 0.3) is 10.1 Å². The van der Waals surface area contributed by atoms with Gasteiger partial charge in [-0.15, -0.1) is 0 Å². The molecule has 1 amide bonds. The van der Waals surface area contributed by atoms with E-state index in [0.29, 0.717) is 12.6 Å². The van der Waals surface area contributed by atoms with Crippen molar-refractivity contribution in [2.75, 3.05) is 20.1 Å².